The smallest absolute Gasteiger partial charge is 0.323 e. The van der Waals surface area contributed by atoms with E-state index in [-0.39, 0.29) is 5.97 Å². The van der Waals surface area contributed by atoms with Crippen LogP contribution in [-0.4, -0.2) is 12.0 Å². The van der Waals surface area contributed by atoms with Gasteiger partial charge in [-0.2, -0.15) is 0 Å². The van der Waals surface area contributed by atoms with E-state index in [1.807, 2.05) is 30.3 Å². The monoisotopic (exact) mass is 247 g/mol. The quantitative estimate of drug-likeness (QED) is 0.832. The molecule has 1 saturated carbocycles. The maximum atomic E-state index is 11.9. The van der Waals surface area contributed by atoms with E-state index < -0.39 is 6.04 Å². The van der Waals surface area contributed by atoms with Crippen molar-refractivity contribution in [2.45, 2.75) is 44.8 Å². The minimum absolute atomic E-state index is 0.259. The molecule has 0 aliphatic heterocycles. The van der Waals surface area contributed by atoms with E-state index in [9.17, 15) is 4.79 Å². The molecular weight excluding hydrogens is 226 g/mol. The maximum Gasteiger partial charge on any atom is 0.323 e. The van der Waals surface area contributed by atoms with Crippen molar-refractivity contribution in [1.29, 1.82) is 0 Å². The lowest BCUT2D eigenvalue weighted by Gasteiger charge is -2.25. The Morgan fingerprint density at radius 2 is 1.89 bits per heavy atom. The Labute approximate surface area is 108 Å². The normalized spacial score (nSPS) is 18.3. The van der Waals surface area contributed by atoms with Crippen LogP contribution in [0.3, 0.4) is 0 Å². The summed E-state index contributed by atoms with van der Waals surface area (Å²) in [6.45, 7) is 0.320. The van der Waals surface area contributed by atoms with Crippen molar-refractivity contribution < 1.29 is 9.53 Å². The Bertz CT molecular complexity index is 371. The summed E-state index contributed by atoms with van der Waals surface area (Å²) in [6, 6.07) is 9.25. The molecule has 1 atom stereocenters. The molecule has 1 aliphatic carbocycles. The van der Waals surface area contributed by atoms with E-state index in [1.54, 1.807) is 0 Å². The van der Waals surface area contributed by atoms with E-state index in [4.69, 9.17) is 10.5 Å². The largest absolute Gasteiger partial charge is 0.460 e. The summed E-state index contributed by atoms with van der Waals surface area (Å²) in [5.74, 6) is 0.0489. The van der Waals surface area contributed by atoms with Crippen molar-refractivity contribution in [2.24, 2.45) is 11.7 Å². The Balaban J connectivity index is 1.80. The minimum atomic E-state index is -0.450. The number of esters is 1. The molecule has 0 bridgehead atoms. The van der Waals surface area contributed by atoms with Crippen LogP contribution < -0.4 is 5.73 Å². The molecule has 2 N–H and O–H groups in total. The molecular formula is C15H21NO2. The molecule has 0 saturated heterocycles. The van der Waals surface area contributed by atoms with Crippen LogP contribution in [-0.2, 0) is 16.1 Å². The molecule has 2 rings (SSSR count). The van der Waals surface area contributed by atoms with Crippen LogP contribution in [0.4, 0.5) is 0 Å². The molecule has 0 aromatic heterocycles. The first-order valence-corrected chi connectivity index (χ1v) is 6.73. The van der Waals surface area contributed by atoms with Gasteiger partial charge in [-0.3, -0.25) is 4.79 Å². The average molecular weight is 247 g/mol. The third-order valence-electron chi connectivity index (χ3n) is 3.65. The van der Waals surface area contributed by atoms with Crippen molar-refractivity contribution in [2.75, 3.05) is 0 Å². The molecule has 1 aromatic carbocycles. The Kier molecular flexibility index (Phi) is 4.76. The number of ether oxygens (including phenoxy) is 1. The summed E-state index contributed by atoms with van der Waals surface area (Å²) in [5.41, 5.74) is 6.98. The second kappa shape index (κ2) is 6.55. The summed E-state index contributed by atoms with van der Waals surface area (Å²) in [7, 11) is 0. The molecule has 0 heterocycles. The molecule has 0 unspecified atom stereocenters. The van der Waals surface area contributed by atoms with Crippen molar-refractivity contribution in [3.63, 3.8) is 0 Å². The number of rotatable bonds is 4. The van der Waals surface area contributed by atoms with Gasteiger partial charge < -0.3 is 10.5 Å². The summed E-state index contributed by atoms with van der Waals surface area (Å²) >= 11 is 0. The lowest BCUT2D eigenvalue weighted by Crippen LogP contribution is -2.40. The molecule has 1 fully saturated rings. The molecule has 0 radical (unpaired) electrons. The van der Waals surface area contributed by atoms with Gasteiger partial charge in [-0.05, 0) is 24.3 Å². The summed E-state index contributed by atoms with van der Waals surface area (Å²) in [4.78, 5) is 11.9. The zero-order chi connectivity index (χ0) is 12.8. The topological polar surface area (TPSA) is 52.3 Å². The average Bonchev–Trinajstić information content (AvgIpc) is 2.46. The highest BCUT2D eigenvalue weighted by Gasteiger charge is 2.27. The van der Waals surface area contributed by atoms with Gasteiger partial charge in [-0.25, -0.2) is 0 Å². The molecule has 0 amide bonds. The predicted octanol–water partition coefficient (Wildman–Crippen LogP) is 2.64. The van der Waals surface area contributed by atoms with Gasteiger partial charge in [0.25, 0.3) is 0 Å². The highest BCUT2D eigenvalue weighted by Crippen LogP contribution is 2.26. The summed E-state index contributed by atoms with van der Waals surface area (Å²) in [5, 5.41) is 0. The standard InChI is InChI=1S/C15H21NO2/c16-14(13-9-5-2-6-10-13)15(17)18-11-12-7-3-1-4-8-12/h1,3-4,7-8,13-14H,2,5-6,9-11,16H2/t14-/m0/s1. The zero-order valence-electron chi connectivity index (χ0n) is 10.7. The highest BCUT2D eigenvalue weighted by atomic mass is 16.5. The Morgan fingerprint density at radius 3 is 2.56 bits per heavy atom. The molecule has 3 nitrogen and oxygen atoms in total. The first kappa shape index (κ1) is 13.1. The minimum Gasteiger partial charge on any atom is -0.460 e. The van der Waals surface area contributed by atoms with Crippen molar-refractivity contribution in [1.82, 2.24) is 0 Å². The van der Waals surface area contributed by atoms with Crippen LogP contribution in [0.15, 0.2) is 30.3 Å². The van der Waals surface area contributed by atoms with Gasteiger partial charge in [0.2, 0.25) is 0 Å². The number of hydrogen-bond acceptors (Lipinski definition) is 3. The number of hydrogen-bond donors (Lipinski definition) is 1. The second-order valence-corrected chi connectivity index (χ2v) is 5.02. The lowest BCUT2D eigenvalue weighted by atomic mass is 9.84. The van der Waals surface area contributed by atoms with Crippen LogP contribution in [0.25, 0.3) is 0 Å². The highest BCUT2D eigenvalue weighted by molar-refractivity contribution is 5.75. The summed E-state index contributed by atoms with van der Waals surface area (Å²) in [6.07, 6.45) is 5.75. The molecule has 0 spiro atoms. The molecule has 1 aromatic rings. The van der Waals surface area contributed by atoms with Gasteiger partial charge in [0, 0.05) is 0 Å². The van der Waals surface area contributed by atoms with Gasteiger partial charge in [0.05, 0.1) is 0 Å². The van der Waals surface area contributed by atoms with Crippen molar-refractivity contribution >= 4 is 5.97 Å². The van der Waals surface area contributed by atoms with Crippen LogP contribution in [0.5, 0.6) is 0 Å². The number of nitrogens with two attached hydrogens (primary N) is 1. The fraction of sp³-hybridized carbons (Fsp3) is 0.533. The third kappa shape index (κ3) is 3.57. The van der Waals surface area contributed by atoms with Crippen LogP contribution in [0.1, 0.15) is 37.7 Å². The van der Waals surface area contributed by atoms with E-state index in [0.717, 1.165) is 18.4 Å². The van der Waals surface area contributed by atoms with Gasteiger partial charge in [0.1, 0.15) is 12.6 Å². The van der Waals surface area contributed by atoms with E-state index in [0.29, 0.717) is 12.5 Å². The van der Waals surface area contributed by atoms with Crippen molar-refractivity contribution in [3.8, 4) is 0 Å². The van der Waals surface area contributed by atoms with E-state index >= 15 is 0 Å². The summed E-state index contributed by atoms with van der Waals surface area (Å²) < 4.78 is 5.28. The number of benzene rings is 1. The zero-order valence-corrected chi connectivity index (χ0v) is 10.7. The van der Waals surface area contributed by atoms with Gasteiger partial charge >= 0.3 is 5.97 Å². The molecule has 3 heteroatoms. The second-order valence-electron chi connectivity index (χ2n) is 5.02. The van der Waals surface area contributed by atoms with Gasteiger partial charge in [-0.15, -0.1) is 0 Å². The number of carbonyl (C=O) groups excluding carboxylic acids is 1. The number of carbonyl (C=O) groups is 1. The van der Waals surface area contributed by atoms with E-state index in [2.05, 4.69) is 0 Å². The van der Waals surface area contributed by atoms with Crippen LogP contribution >= 0.6 is 0 Å². The molecule has 98 valence electrons. The maximum absolute atomic E-state index is 11.9. The van der Waals surface area contributed by atoms with Crippen LogP contribution in [0, 0.1) is 5.92 Å². The van der Waals surface area contributed by atoms with Crippen molar-refractivity contribution in [3.05, 3.63) is 35.9 Å². The third-order valence-corrected chi connectivity index (χ3v) is 3.65. The fourth-order valence-electron chi connectivity index (χ4n) is 2.51. The first-order chi connectivity index (χ1) is 8.77. The molecule has 1 aliphatic rings. The predicted molar refractivity (Wildman–Crippen MR) is 70.8 cm³/mol. The first-order valence-electron chi connectivity index (χ1n) is 6.73. The fourth-order valence-corrected chi connectivity index (χ4v) is 2.51. The van der Waals surface area contributed by atoms with Gasteiger partial charge in [0.15, 0.2) is 0 Å². The van der Waals surface area contributed by atoms with Crippen LogP contribution in [0.2, 0.25) is 0 Å². The van der Waals surface area contributed by atoms with Gasteiger partial charge in [-0.1, -0.05) is 49.6 Å². The van der Waals surface area contributed by atoms with E-state index in [1.165, 1.54) is 19.3 Å². The Hall–Kier alpha value is -1.35. The lowest BCUT2D eigenvalue weighted by molar-refractivity contribution is -0.148. The Morgan fingerprint density at radius 1 is 1.22 bits per heavy atom. The SMILES string of the molecule is N[C@H](C(=O)OCc1ccccc1)C1CCCCC1. The molecule has 18 heavy (non-hydrogen) atoms.